The van der Waals surface area contributed by atoms with E-state index < -0.39 is 6.04 Å². The Balaban J connectivity index is 2.03. The average Bonchev–Trinajstić information content (AvgIpc) is 2.66. The van der Waals surface area contributed by atoms with Crippen LogP contribution in [-0.2, 0) is 21.9 Å². The zero-order valence-electron chi connectivity index (χ0n) is 15.9. The number of hydrogen-bond acceptors (Lipinski definition) is 3. The zero-order chi connectivity index (χ0) is 19.8. The molecule has 0 aliphatic rings. The number of nitrogens with zero attached hydrogens (tertiary/aromatic N) is 1. The van der Waals surface area contributed by atoms with Crippen molar-refractivity contribution in [2.75, 3.05) is 12.8 Å². The number of benzene rings is 2. The van der Waals surface area contributed by atoms with E-state index in [2.05, 4.69) is 30.4 Å². The largest absolute Gasteiger partial charge is 0.357 e. The lowest BCUT2D eigenvalue weighted by molar-refractivity contribution is -0.138. The van der Waals surface area contributed by atoms with Crippen LogP contribution in [0.2, 0.25) is 5.02 Å². The first-order valence-electron chi connectivity index (χ1n) is 8.79. The lowest BCUT2D eigenvalue weighted by atomic mass is 10.1. The van der Waals surface area contributed by atoms with Crippen LogP contribution in [0, 0.1) is 6.92 Å². The van der Waals surface area contributed by atoms with E-state index in [1.54, 1.807) is 42.8 Å². The lowest BCUT2D eigenvalue weighted by Crippen LogP contribution is -2.47. The molecule has 2 amide bonds. The number of halogens is 1. The minimum atomic E-state index is -0.544. The van der Waals surface area contributed by atoms with Gasteiger partial charge >= 0.3 is 0 Å². The van der Waals surface area contributed by atoms with E-state index in [0.717, 1.165) is 11.3 Å². The molecule has 27 heavy (non-hydrogen) atoms. The van der Waals surface area contributed by atoms with Gasteiger partial charge in [-0.15, -0.1) is 11.8 Å². The number of likely N-dealkylation sites (N-methyl/N-ethyl adjacent to an activating group) is 1. The fraction of sp³-hybridized carbons (Fsp3) is 0.333. The van der Waals surface area contributed by atoms with E-state index in [9.17, 15) is 9.59 Å². The van der Waals surface area contributed by atoms with Crippen molar-refractivity contribution in [2.45, 2.75) is 32.2 Å². The van der Waals surface area contributed by atoms with Crippen molar-refractivity contribution in [3.8, 4) is 0 Å². The molecule has 0 saturated carbocycles. The first-order valence-corrected chi connectivity index (χ1v) is 10.3. The van der Waals surface area contributed by atoms with Crippen molar-refractivity contribution in [3.05, 3.63) is 70.2 Å². The molecule has 4 nitrogen and oxygen atoms in total. The van der Waals surface area contributed by atoms with E-state index in [0.29, 0.717) is 17.3 Å². The topological polar surface area (TPSA) is 49.4 Å². The number of carbonyl (C=O) groups excluding carboxylic acids is 2. The first kappa shape index (κ1) is 21.3. The van der Waals surface area contributed by atoms with Crippen LogP contribution in [0.1, 0.15) is 23.6 Å². The van der Waals surface area contributed by atoms with Gasteiger partial charge < -0.3 is 10.2 Å². The molecule has 0 bridgehead atoms. The molecule has 0 aliphatic carbocycles. The summed E-state index contributed by atoms with van der Waals surface area (Å²) in [5.74, 6) is 0.846. The van der Waals surface area contributed by atoms with Gasteiger partial charge in [0.25, 0.3) is 0 Å². The van der Waals surface area contributed by atoms with E-state index in [1.807, 2.05) is 18.2 Å². The molecule has 1 N–H and O–H groups in total. The maximum Gasteiger partial charge on any atom is 0.242 e. The molecule has 0 saturated heterocycles. The molecule has 2 aromatic rings. The van der Waals surface area contributed by atoms with Gasteiger partial charge in [-0.1, -0.05) is 53.6 Å². The van der Waals surface area contributed by atoms with Gasteiger partial charge in [0.1, 0.15) is 6.04 Å². The molecule has 0 aromatic heterocycles. The first-order chi connectivity index (χ1) is 12.9. The molecule has 2 rings (SSSR count). The fourth-order valence-electron chi connectivity index (χ4n) is 2.72. The van der Waals surface area contributed by atoms with Crippen LogP contribution in [0.5, 0.6) is 0 Å². The van der Waals surface area contributed by atoms with Crippen LogP contribution < -0.4 is 5.32 Å². The highest BCUT2D eigenvalue weighted by molar-refractivity contribution is 7.99. The molecule has 0 radical (unpaired) electrons. The molecule has 0 spiro atoms. The smallest absolute Gasteiger partial charge is 0.242 e. The molecule has 0 aliphatic heterocycles. The summed E-state index contributed by atoms with van der Waals surface area (Å²) in [5, 5.41) is 3.27. The highest BCUT2D eigenvalue weighted by Gasteiger charge is 2.25. The number of amides is 2. The van der Waals surface area contributed by atoms with Crippen molar-refractivity contribution in [3.63, 3.8) is 0 Å². The Morgan fingerprint density at radius 2 is 1.85 bits per heavy atom. The second-order valence-corrected chi connectivity index (χ2v) is 7.84. The number of rotatable bonds is 8. The van der Waals surface area contributed by atoms with Crippen molar-refractivity contribution in [1.82, 2.24) is 10.2 Å². The third-order valence-corrected chi connectivity index (χ3v) is 5.50. The van der Waals surface area contributed by atoms with E-state index in [1.165, 1.54) is 11.1 Å². The van der Waals surface area contributed by atoms with Gasteiger partial charge in [0, 0.05) is 24.4 Å². The summed E-state index contributed by atoms with van der Waals surface area (Å²) in [7, 11) is 1.58. The molecule has 2 aromatic carbocycles. The summed E-state index contributed by atoms with van der Waals surface area (Å²) in [6.07, 6.45) is 0. The van der Waals surface area contributed by atoms with Crippen molar-refractivity contribution in [1.29, 1.82) is 0 Å². The maximum atomic E-state index is 12.8. The van der Waals surface area contributed by atoms with Crippen LogP contribution in [0.25, 0.3) is 0 Å². The Bertz CT molecular complexity index is 780. The number of carbonyl (C=O) groups is 2. The summed E-state index contributed by atoms with van der Waals surface area (Å²) in [4.78, 5) is 26.6. The highest BCUT2D eigenvalue weighted by atomic mass is 35.5. The van der Waals surface area contributed by atoms with Crippen LogP contribution in [-0.4, -0.2) is 35.6 Å². The van der Waals surface area contributed by atoms with Crippen molar-refractivity contribution < 1.29 is 9.59 Å². The molecular formula is C21H25ClN2O2S. The highest BCUT2D eigenvalue weighted by Crippen LogP contribution is 2.17. The monoisotopic (exact) mass is 404 g/mol. The van der Waals surface area contributed by atoms with Gasteiger partial charge in [0.15, 0.2) is 0 Å². The Morgan fingerprint density at radius 3 is 2.48 bits per heavy atom. The Morgan fingerprint density at radius 1 is 1.15 bits per heavy atom. The normalized spacial score (nSPS) is 11.7. The Kier molecular flexibility index (Phi) is 8.20. The van der Waals surface area contributed by atoms with Crippen molar-refractivity contribution >= 4 is 35.2 Å². The summed E-state index contributed by atoms with van der Waals surface area (Å²) >= 11 is 7.49. The number of thioether (sulfide) groups is 1. The van der Waals surface area contributed by atoms with E-state index in [-0.39, 0.29) is 11.8 Å². The molecular weight excluding hydrogens is 380 g/mol. The minimum Gasteiger partial charge on any atom is -0.357 e. The third kappa shape index (κ3) is 6.60. The van der Waals surface area contributed by atoms with Gasteiger partial charge in [-0.25, -0.2) is 0 Å². The number of aryl methyl sites for hydroxylation is 1. The molecule has 0 unspecified atom stereocenters. The second kappa shape index (κ2) is 10.4. The van der Waals surface area contributed by atoms with Gasteiger partial charge in [-0.3, -0.25) is 9.59 Å². The fourth-order valence-corrected chi connectivity index (χ4v) is 3.70. The van der Waals surface area contributed by atoms with E-state index >= 15 is 0 Å². The van der Waals surface area contributed by atoms with Gasteiger partial charge in [0.2, 0.25) is 11.8 Å². The molecule has 144 valence electrons. The van der Waals surface area contributed by atoms with Crippen LogP contribution in [0.15, 0.2) is 48.5 Å². The van der Waals surface area contributed by atoms with Crippen LogP contribution >= 0.6 is 23.4 Å². The van der Waals surface area contributed by atoms with Crippen LogP contribution in [0.4, 0.5) is 0 Å². The summed E-state index contributed by atoms with van der Waals surface area (Å²) in [6, 6.07) is 15.0. The number of nitrogens with one attached hydrogen (secondary N) is 1. The molecule has 1 atom stereocenters. The summed E-state index contributed by atoms with van der Waals surface area (Å²) in [5.41, 5.74) is 3.33. The minimum absolute atomic E-state index is 0.0568. The van der Waals surface area contributed by atoms with Crippen LogP contribution in [0.3, 0.4) is 0 Å². The van der Waals surface area contributed by atoms with Crippen molar-refractivity contribution in [2.24, 2.45) is 0 Å². The second-order valence-electron chi connectivity index (χ2n) is 6.42. The predicted molar refractivity (Wildman–Crippen MR) is 113 cm³/mol. The standard InChI is InChI=1S/C21H25ClN2O2S/c1-15-5-4-6-18(11-15)13-27-14-20(25)24(16(2)21(26)23-3)12-17-7-9-19(22)10-8-17/h4-11,16H,12-14H2,1-3H3,(H,23,26)/t16-/m0/s1. The van der Waals surface area contributed by atoms with Gasteiger partial charge in [-0.05, 0) is 37.1 Å². The van der Waals surface area contributed by atoms with Gasteiger partial charge in [-0.2, -0.15) is 0 Å². The van der Waals surface area contributed by atoms with Gasteiger partial charge in [0.05, 0.1) is 5.75 Å². The Hall–Kier alpha value is -1.98. The molecule has 6 heteroatoms. The quantitative estimate of drug-likeness (QED) is 0.722. The summed E-state index contributed by atoms with van der Waals surface area (Å²) in [6.45, 7) is 4.17. The number of hydrogen-bond donors (Lipinski definition) is 1. The average molecular weight is 405 g/mol. The Labute approximate surface area is 170 Å². The maximum absolute atomic E-state index is 12.8. The lowest BCUT2D eigenvalue weighted by Gasteiger charge is -2.28. The molecule has 0 fully saturated rings. The SMILES string of the molecule is CNC(=O)[C@H](C)N(Cc1ccc(Cl)cc1)C(=O)CSCc1cccc(C)c1. The summed E-state index contributed by atoms with van der Waals surface area (Å²) < 4.78 is 0. The third-order valence-electron chi connectivity index (χ3n) is 4.26. The zero-order valence-corrected chi connectivity index (χ0v) is 17.4. The van der Waals surface area contributed by atoms with E-state index in [4.69, 9.17) is 11.6 Å². The predicted octanol–water partition coefficient (Wildman–Crippen LogP) is 4.04. The molecule has 0 heterocycles.